The molecule has 5 nitrogen and oxygen atoms in total. The van der Waals surface area contributed by atoms with E-state index in [1.165, 1.54) is 0 Å². The van der Waals surface area contributed by atoms with Crippen LogP contribution in [0.4, 0.5) is 0 Å². The molecule has 7 heteroatoms. The highest BCUT2D eigenvalue weighted by atomic mass is 32.2. The van der Waals surface area contributed by atoms with Crippen LogP contribution in [0.5, 0.6) is 0 Å². The first kappa shape index (κ1) is 14.8. The van der Waals surface area contributed by atoms with E-state index in [-0.39, 0.29) is 11.4 Å². The summed E-state index contributed by atoms with van der Waals surface area (Å²) in [6.07, 6.45) is 3.16. The van der Waals surface area contributed by atoms with Crippen LogP contribution in [0.2, 0.25) is 0 Å². The SMILES string of the molecule is O=S(=O)(NCc1nccnc1-c1ccsc1)c1ccccc1. The van der Waals surface area contributed by atoms with E-state index in [1.54, 1.807) is 54.1 Å². The van der Waals surface area contributed by atoms with E-state index in [4.69, 9.17) is 0 Å². The first-order valence-electron chi connectivity index (χ1n) is 6.54. The van der Waals surface area contributed by atoms with Gasteiger partial charge in [-0.15, -0.1) is 0 Å². The maximum atomic E-state index is 12.2. The summed E-state index contributed by atoms with van der Waals surface area (Å²) in [6.45, 7) is 0.0935. The molecular formula is C15H13N3O2S2. The number of thiophene rings is 1. The summed E-state index contributed by atoms with van der Waals surface area (Å²) >= 11 is 1.56. The minimum Gasteiger partial charge on any atom is -0.256 e. The highest BCUT2D eigenvalue weighted by Crippen LogP contribution is 2.22. The Morgan fingerprint density at radius 1 is 1.05 bits per heavy atom. The van der Waals surface area contributed by atoms with Crippen molar-refractivity contribution in [3.05, 3.63) is 65.2 Å². The van der Waals surface area contributed by atoms with E-state index >= 15 is 0 Å². The zero-order chi connectivity index (χ0) is 15.4. The molecule has 2 aromatic heterocycles. The van der Waals surface area contributed by atoms with Gasteiger partial charge < -0.3 is 0 Å². The number of nitrogens with one attached hydrogen (secondary N) is 1. The Balaban J connectivity index is 1.83. The minimum atomic E-state index is -3.56. The molecule has 0 spiro atoms. The lowest BCUT2D eigenvalue weighted by atomic mass is 10.2. The second-order valence-corrected chi connectivity index (χ2v) is 7.05. The maximum Gasteiger partial charge on any atom is 0.240 e. The lowest BCUT2D eigenvalue weighted by Gasteiger charge is -2.08. The summed E-state index contributed by atoms with van der Waals surface area (Å²) < 4.78 is 27.1. The molecule has 0 amide bonds. The van der Waals surface area contributed by atoms with Gasteiger partial charge in [0.2, 0.25) is 10.0 Å². The van der Waals surface area contributed by atoms with Gasteiger partial charge in [-0.25, -0.2) is 13.1 Å². The Morgan fingerprint density at radius 3 is 2.55 bits per heavy atom. The fraction of sp³-hybridized carbons (Fsp3) is 0.0667. The normalized spacial score (nSPS) is 11.5. The Morgan fingerprint density at radius 2 is 1.82 bits per heavy atom. The van der Waals surface area contributed by atoms with Gasteiger partial charge in [0.1, 0.15) is 0 Å². The number of aromatic nitrogens is 2. The quantitative estimate of drug-likeness (QED) is 0.780. The average Bonchev–Trinajstić information content (AvgIpc) is 3.08. The highest BCUT2D eigenvalue weighted by molar-refractivity contribution is 7.89. The number of rotatable bonds is 5. The van der Waals surface area contributed by atoms with Crippen molar-refractivity contribution in [3.63, 3.8) is 0 Å². The zero-order valence-corrected chi connectivity index (χ0v) is 13.1. The van der Waals surface area contributed by atoms with E-state index < -0.39 is 10.0 Å². The fourth-order valence-electron chi connectivity index (χ4n) is 1.98. The smallest absolute Gasteiger partial charge is 0.240 e. The van der Waals surface area contributed by atoms with Crippen molar-refractivity contribution in [3.8, 4) is 11.3 Å². The molecule has 22 heavy (non-hydrogen) atoms. The van der Waals surface area contributed by atoms with Crippen LogP contribution in [0, 0.1) is 0 Å². The molecule has 1 N–H and O–H groups in total. The molecular weight excluding hydrogens is 318 g/mol. The molecule has 0 aliphatic rings. The minimum absolute atomic E-state index is 0.0935. The van der Waals surface area contributed by atoms with Gasteiger partial charge in [0.15, 0.2) is 0 Å². The van der Waals surface area contributed by atoms with Gasteiger partial charge in [0.25, 0.3) is 0 Å². The average molecular weight is 331 g/mol. The van der Waals surface area contributed by atoms with Gasteiger partial charge in [-0.3, -0.25) is 9.97 Å². The number of benzene rings is 1. The Hall–Kier alpha value is -2.09. The van der Waals surface area contributed by atoms with Crippen molar-refractivity contribution in [2.45, 2.75) is 11.4 Å². The number of sulfonamides is 1. The molecule has 3 aromatic rings. The summed E-state index contributed by atoms with van der Waals surface area (Å²) in [5.74, 6) is 0. The van der Waals surface area contributed by atoms with Crippen LogP contribution in [0.15, 0.2) is 64.4 Å². The summed E-state index contributed by atoms with van der Waals surface area (Å²) in [6, 6.07) is 10.2. The van der Waals surface area contributed by atoms with Gasteiger partial charge in [0, 0.05) is 23.3 Å². The topological polar surface area (TPSA) is 72.0 Å². The first-order valence-corrected chi connectivity index (χ1v) is 8.96. The molecule has 0 bridgehead atoms. The molecule has 2 heterocycles. The molecule has 1 aromatic carbocycles. The fourth-order valence-corrected chi connectivity index (χ4v) is 3.63. The third-order valence-electron chi connectivity index (χ3n) is 3.05. The van der Waals surface area contributed by atoms with Crippen LogP contribution in [0.3, 0.4) is 0 Å². The maximum absolute atomic E-state index is 12.2. The van der Waals surface area contributed by atoms with Crippen LogP contribution < -0.4 is 4.72 Å². The summed E-state index contributed by atoms with van der Waals surface area (Å²) in [5.41, 5.74) is 2.23. The van der Waals surface area contributed by atoms with Gasteiger partial charge >= 0.3 is 0 Å². The summed E-state index contributed by atoms with van der Waals surface area (Å²) in [5, 5.41) is 3.90. The second-order valence-electron chi connectivity index (χ2n) is 4.50. The first-order chi connectivity index (χ1) is 10.7. The van der Waals surface area contributed by atoms with Gasteiger partial charge in [-0.2, -0.15) is 11.3 Å². The van der Waals surface area contributed by atoms with E-state index in [1.807, 2.05) is 16.8 Å². The lowest BCUT2D eigenvalue weighted by Crippen LogP contribution is -2.24. The number of hydrogen-bond acceptors (Lipinski definition) is 5. The molecule has 112 valence electrons. The van der Waals surface area contributed by atoms with E-state index in [0.29, 0.717) is 11.4 Å². The van der Waals surface area contributed by atoms with Crippen molar-refractivity contribution in [2.75, 3.05) is 0 Å². The predicted octanol–water partition coefficient (Wildman–Crippen LogP) is 2.68. The Kier molecular flexibility index (Phi) is 4.28. The standard InChI is InChI=1S/C15H13N3O2S2/c19-22(20,13-4-2-1-3-5-13)18-10-14-15(17-8-7-16-14)12-6-9-21-11-12/h1-9,11,18H,10H2. The van der Waals surface area contributed by atoms with E-state index in [9.17, 15) is 8.42 Å². The Bertz CT molecular complexity index is 848. The van der Waals surface area contributed by atoms with Crippen molar-refractivity contribution in [1.29, 1.82) is 0 Å². The van der Waals surface area contributed by atoms with Crippen LogP contribution in [0.1, 0.15) is 5.69 Å². The van der Waals surface area contributed by atoms with Crippen LogP contribution in [0.25, 0.3) is 11.3 Å². The van der Waals surface area contributed by atoms with Crippen LogP contribution in [-0.4, -0.2) is 18.4 Å². The molecule has 0 fully saturated rings. The molecule has 0 radical (unpaired) electrons. The molecule has 0 saturated carbocycles. The predicted molar refractivity (Wildman–Crippen MR) is 85.8 cm³/mol. The second kappa shape index (κ2) is 6.35. The van der Waals surface area contributed by atoms with Gasteiger partial charge in [0.05, 0.1) is 22.8 Å². The number of hydrogen-bond donors (Lipinski definition) is 1. The largest absolute Gasteiger partial charge is 0.256 e. The van der Waals surface area contributed by atoms with Crippen molar-refractivity contribution < 1.29 is 8.42 Å². The van der Waals surface area contributed by atoms with Crippen LogP contribution >= 0.6 is 11.3 Å². The lowest BCUT2D eigenvalue weighted by molar-refractivity contribution is 0.580. The molecule has 0 aliphatic carbocycles. The summed E-state index contributed by atoms with van der Waals surface area (Å²) in [7, 11) is -3.56. The zero-order valence-electron chi connectivity index (χ0n) is 11.5. The van der Waals surface area contributed by atoms with Crippen molar-refractivity contribution >= 4 is 21.4 Å². The van der Waals surface area contributed by atoms with Crippen LogP contribution in [-0.2, 0) is 16.6 Å². The van der Waals surface area contributed by atoms with Crippen molar-refractivity contribution in [2.24, 2.45) is 0 Å². The number of nitrogens with zero attached hydrogens (tertiary/aromatic N) is 2. The summed E-state index contributed by atoms with van der Waals surface area (Å²) in [4.78, 5) is 8.78. The molecule has 0 atom stereocenters. The molecule has 0 unspecified atom stereocenters. The third-order valence-corrected chi connectivity index (χ3v) is 5.15. The Labute approximate surface area is 132 Å². The molecule has 0 saturated heterocycles. The van der Waals surface area contributed by atoms with E-state index in [2.05, 4.69) is 14.7 Å². The van der Waals surface area contributed by atoms with E-state index in [0.717, 1.165) is 5.56 Å². The van der Waals surface area contributed by atoms with Gasteiger partial charge in [-0.05, 0) is 23.6 Å². The van der Waals surface area contributed by atoms with Gasteiger partial charge in [-0.1, -0.05) is 18.2 Å². The molecule has 0 aliphatic heterocycles. The highest BCUT2D eigenvalue weighted by Gasteiger charge is 2.15. The monoisotopic (exact) mass is 331 g/mol. The van der Waals surface area contributed by atoms with Crippen molar-refractivity contribution in [1.82, 2.24) is 14.7 Å². The third kappa shape index (κ3) is 3.22. The molecule has 3 rings (SSSR count).